The number of hydrogen-bond donors (Lipinski definition) is 1. The molecule has 0 radical (unpaired) electrons. The summed E-state index contributed by atoms with van der Waals surface area (Å²) in [7, 11) is 1.57. The molecule has 0 heterocycles. The number of rotatable bonds is 7. The first kappa shape index (κ1) is 20.1. The molecule has 26 heavy (non-hydrogen) atoms. The van der Waals surface area contributed by atoms with Crippen LogP contribution in [0.1, 0.15) is 24.1 Å². The molecule has 0 saturated heterocycles. The maximum atomic E-state index is 12.0. The van der Waals surface area contributed by atoms with Crippen molar-refractivity contribution in [2.45, 2.75) is 19.4 Å². The van der Waals surface area contributed by atoms with Crippen LogP contribution in [0.15, 0.2) is 42.5 Å². The third kappa shape index (κ3) is 5.93. The van der Waals surface area contributed by atoms with Gasteiger partial charge >= 0.3 is 5.97 Å². The SMILES string of the molecule is COc1ccc(CC(=O)OCC(=O)N[C@H](C)c2ccc(Cl)cc2Cl)cc1. The van der Waals surface area contributed by atoms with Gasteiger partial charge in [-0.1, -0.05) is 41.4 Å². The molecule has 0 saturated carbocycles. The first-order valence-electron chi connectivity index (χ1n) is 7.92. The highest BCUT2D eigenvalue weighted by molar-refractivity contribution is 6.35. The number of nitrogens with one attached hydrogen (secondary N) is 1. The topological polar surface area (TPSA) is 64.6 Å². The van der Waals surface area contributed by atoms with E-state index in [0.717, 1.165) is 11.1 Å². The van der Waals surface area contributed by atoms with Crippen molar-refractivity contribution in [2.75, 3.05) is 13.7 Å². The van der Waals surface area contributed by atoms with Gasteiger partial charge in [-0.2, -0.15) is 0 Å². The van der Waals surface area contributed by atoms with E-state index < -0.39 is 11.9 Å². The largest absolute Gasteiger partial charge is 0.497 e. The maximum Gasteiger partial charge on any atom is 0.310 e. The Morgan fingerprint density at radius 1 is 1.12 bits per heavy atom. The van der Waals surface area contributed by atoms with Crippen LogP contribution in [0.3, 0.4) is 0 Å². The molecule has 0 spiro atoms. The van der Waals surface area contributed by atoms with Crippen molar-refractivity contribution in [3.8, 4) is 5.75 Å². The van der Waals surface area contributed by atoms with E-state index in [9.17, 15) is 9.59 Å². The molecule has 2 aromatic rings. The normalized spacial score (nSPS) is 11.5. The van der Waals surface area contributed by atoms with E-state index in [4.69, 9.17) is 32.7 Å². The molecule has 0 aliphatic carbocycles. The molecule has 0 aromatic heterocycles. The zero-order valence-electron chi connectivity index (χ0n) is 14.4. The van der Waals surface area contributed by atoms with Crippen LogP contribution in [0.5, 0.6) is 5.75 Å². The van der Waals surface area contributed by atoms with E-state index in [1.54, 1.807) is 56.5 Å². The van der Waals surface area contributed by atoms with Crippen LogP contribution >= 0.6 is 23.2 Å². The lowest BCUT2D eigenvalue weighted by molar-refractivity contribution is -0.148. The number of hydrogen-bond acceptors (Lipinski definition) is 4. The molecular weight excluding hydrogens is 377 g/mol. The van der Waals surface area contributed by atoms with Gasteiger partial charge in [0.25, 0.3) is 5.91 Å². The van der Waals surface area contributed by atoms with Gasteiger partial charge in [0.1, 0.15) is 5.75 Å². The summed E-state index contributed by atoms with van der Waals surface area (Å²) >= 11 is 12.0. The van der Waals surface area contributed by atoms with Crippen LogP contribution in [0.4, 0.5) is 0 Å². The van der Waals surface area contributed by atoms with E-state index in [-0.39, 0.29) is 19.1 Å². The number of carbonyl (C=O) groups excluding carboxylic acids is 2. The second kappa shape index (κ2) is 9.46. The molecule has 5 nitrogen and oxygen atoms in total. The smallest absolute Gasteiger partial charge is 0.310 e. The summed E-state index contributed by atoms with van der Waals surface area (Å²) in [6.07, 6.45) is 0.0792. The number of benzene rings is 2. The highest BCUT2D eigenvalue weighted by atomic mass is 35.5. The fourth-order valence-electron chi connectivity index (χ4n) is 2.32. The molecule has 0 unspecified atom stereocenters. The van der Waals surface area contributed by atoms with Gasteiger partial charge in [-0.25, -0.2) is 0 Å². The quantitative estimate of drug-likeness (QED) is 0.720. The lowest BCUT2D eigenvalue weighted by Crippen LogP contribution is -2.31. The molecule has 1 amide bonds. The van der Waals surface area contributed by atoms with Gasteiger partial charge in [-0.15, -0.1) is 0 Å². The van der Waals surface area contributed by atoms with Crippen LogP contribution in [-0.4, -0.2) is 25.6 Å². The van der Waals surface area contributed by atoms with Gasteiger partial charge in [0.05, 0.1) is 19.6 Å². The Bertz CT molecular complexity index is 778. The number of ether oxygens (including phenoxy) is 2. The molecule has 0 bridgehead atoms. The summed E-state index contributed by atoms with van der Waals surface area (Å²) in [6.45, 7) is 1.43. The second-order valence-corrected chi connectivity index (χ2v) is 6.48. The van der Waals surface area contributed by atoms with E-state index >= 15 is 0 Å². The first-order valence-corrected chi connectivity index (χ1v) is 8.67. The van der Waals surface area contributed by atoms with Gasteiger partial charge in [0, 0.05) is 10.0 Å². The van der Waals surface area contributed by atoms with Gasteiger partial charge in [-0.3, -0.25) is 9.59 Å². The van der Waals surface area contributed by atoms with E-state index in [0.29, 0.717) is 15.8 Å². The average molecular weight is 396 g/mol. The zero-order chi connectivity index (χ0) is 19.1. The minimum absolute atomic E-state index is 0.0792. The highest BCUT2D eigenvalue weighted by Gasteiger charge is 2.14. The van der Waals surface area contributed by atoms with Crippen molar-refractivity contribution in [1.29, 1.82) is 0 Å². The lowest BCUT2D eigenvalue weighted by atomic mass is 10.1. The van der Waals surface area contributed by atoms with Gasteiger partial charge in [-0.05, 0) is 42.3 Å². The Hall–Kier alpha value is -2.24. The fourth-order valence-corrected chi connectivity index (χ4v) is 2.89. The average Bonchev–Trinajstić information content (AvgIpc) is 2.60. The monoisotopic (exact) mass is 395 g/mol. The minimum atomic E-state index is -0.484. The molecule has 7 heteroatoms. The van der Waals surface area contributed by atoms with Crippen LogP contribution in [-0.2, 0) is 20.7 Å². The van der Waals surface area contributed by atoms with Crippen molar-refractivity contribution < 1.29 is 19.1 Å². The summed E-state index contributed by atoms with van der Waals surface area (Å²) in [6, 6.07) is 11.8. The molecule has 0 aliphatic heterocycles. The zero-order valence-corrected chi connectivity index (χ0v) is 15.9. The summed E-state index contributed by atoms with van der Waals surface area (Å²) in [5, 5.41) is 3.71. The molecule has 2 aromatic carbocycles. The van der Waals surface area contributed by atoms with Crippen molar-refractivity contribution in [1.82, 2.24) is 5.32 Å². The summed E-state index contributed by atoms with van der Waals surface area (Å²) in [4.78, 5) is 23.8. The Balaban J connectivity index is 1.80. The Morgan fingerprint density at radius 2 is 1.81 bits per heavy atom. The van der Waals surface area contributed by atoms with Crippen LogP contribution in [0.2, 0.25) is 10.0 Å². The molecule has 138 valence electrons. The summed E-state index contributed by atoms with van der Waals surface area (Å²) in [5.74, 6) is -0.189. The van der Waals surface area contributed by atoms with Crippen LogP contribution in [0.25, 0.3) is 0 Å². The number of amides is 1. The number of halogens is 2. The van der Waals surface area contributed by atoms with Gasteiger partial charge in [0.15, 0.2) is 6.61 Å². The van der Waals surface area contributed by atoms with Crippen molar-refractivity contribution in [2.24, 2.45) is 0 Å². The van der Waals surface area contributed by atoms with Crippen molar-refractivity contribution >= 4 is 35.1 Å². The Morgan fingerprint density at radius 3 is 2.42 bits per heavy atom. The maximum absolute atomic E-state index is 12.0. The Labute approximate surface area is 162 Å². The highest BCUT2D eigenvalue weighted by Crippen LogP contribution is 2.26. The summed E-state index contributed by atoms with van der Waals surface area (Å²) in [5.41, 5.74) is 1.51. The number of methoxy groups -OCH3 is 1. The predicted octanol–water partition coefficient (Wildman–Crippen LogP) is 3.97. The number of carbonyl (C=O) groups is 2. The molecule has 2 rings (SSSR count). The fraction of sp³-hybridized carbons (Fsp3) is 0.263. The molecule has 1 N–H and O–H groups in total. The van der Waals surface area contributed by atoms with Gasteiger partial charge in [0.2, 0.25) is 0 Å². The van der Waals surface area contributed by atoms with E-state index in [1.807, 2.05) is 0 Å². The van der Waals surface area contributed by atoms with Crippen LogP contribution < -0.4 is 10.1 Å². The second-order valence-electron chi connectivity index (χ2n) is 5.64. The van der Waals surface area contributed by atoms with Crippen molar-refractivity contribution in [3.05, 3.63) is 63.6 Å². The minimum Gasteiger partial charge on any atom is -0.497 e. The van der Waals surface area contributed by atoms with Gasteiger partial charge < -0.3 is 14.8 Å². The standard InChI is InChI=1S/C19H19Cl2NO4/c1-12(16-8-5-14(20)10-17(16)21)22-18(23)11-26-19(24)9-13-3-6-15(25-2)7-4-13/h3-8,10,12H,9,11H2,1-2H3,(H,22,23)/t12-/m1/s1. The van der Waals surface area contributed by atoms with Crippen LogP contribution in [0, 0.1) is 0 Å². The summed E-state index contributed by atoms with van der Waals surface area (Å²) < 4.78 is 10.1. The Kier molecular flexibility index (Phi) is 7.30. The number of esters is 1. The third-order valence-corrected chi connectivity index (χ3v) is 4.24. The predicted molar refractivity (Wildman–Crippen MR) is 101 cm³/mol. The molecule has 1 atom stereocenters. The van der Waals surface area contributed by atoms with Crippen molar-refractivity contribution in [3.63, 3.8) is 0 Å². The third-order valence-electron chi connectivity index (χ3n) is 3.68. The first-order chi connectivity index (χ1) is 12.4. The van der Waals surface area contributed by atoms with E-state index in [2.05, 4.69) is 5.32 Å². The molecular formula is C19H19Cl2NO4. The van der Waals surface area contributed by atoms with E-state index in [1.165, 1.54) is 0 Å². The lowest BCUT2D eigenvalue weighted by Gasteiger charge is -2.16. The molecule has 0 fully saturated rings. The molecule has 0 aliphatic rings.